The van der Waals surface area contributed by atoms with E-state index in [2.05, 4.69) is 13.2 Å². The molecule has 0 spiro atoms. The monoisotopic (exact) mass is 358 g/mol. The van der Waals surface area contributed by atoms with Crippen molar-refractivity contribution in [3.05, 3.63) is 47.8 Å². The van der Waals surface area contributed by atoms with Crippen molar-refractivity contribution < 1.29 is 28.6 Å². The average Bonchev–Trinajstić information content (AvgIpc) is 3.03. The van der Waals surface area contributed by atoms with E-state index < -0.39 is 35.7 Å². The van der Waals surface area contributed by atoms with Gasteiger partial charge in [0.05, 0.1) is 5.92 Å². The Labute approximate surface area is 152 Å². The van der Waals surface area contributed by atoms with Crippen LogP contribution in [0, 0.1) is 5.92 Å². The molecule has 3 aliphatic rings. The summed E-state index contributed by atoms with van der Waals surface area (Å²) < 4.78 is 17.0. The highest BCUT2D eigenvalue weighted by Gasteiger charge is 2.52. The van der Waals surface area contributed by atoms with Crippen LogP contribution < -0.4 is 0 Å². The van der Waals surface area contributed by atoms with Crippen LogP contribution in [0.25, 0.3) is 0 Å². The minimum absolute atomic E-state index is 0.0959. The number of ketones is 1. The van der Waals surface area contributed by atoms with E-state index >= 15 is 0 Å². The fraction of sp³-hybridized carbons (Fsp3) is 0.450. The molecule has 6 heteroatoms. The lowest BCUT2D eigenvalue weighted by Gasteiger charge is -2.31. The van der Waals surface area contributed by atoms with Gasteiger partial charge in [-0.05, 0) is 26.3 Å². The first-order valence-electron chi connectivity index (χ1n) is 8.53. The second kappa shape index (κ2) is 6.27. The molecule has 2 bridgehead atoms. The third-order valence-electron chi connectivity index (χ3n) is 5.24. The number of rotatable bonds is 2. The molecule has 0 aromatic heterocycles. The predicted octanol–water partition coefficient (Wildman–Crippen LogP) is 2.55. The van der Waals surface area contributed by atoms with E-state index in [1.807, 2.05) is 0 Å². The second-order valence-corrected chi connectivity index (χ2v) is 7.13. The zero-order valence-electron chi connectivity index (χ0n) is 15.2. The Morgan fingerprint density at radius 3 is 2.73 bits per heavy atom. The van der Waals surface area contributed by atoms with Gasteiger partial charge in [0, 0.05) is 30.1 Å². The molecule has 0 aromatic carbocycles. The van der Waals surface area contributed by atoms with E-state index in [1.165, 1.54) is 6.08 Å². The summed E-state index contributed by atoms with van der Waals surface area (Å²) in [5.74, 6) is -1.41. The van der Waals surface area contributed by atoms with Gasteiger partial charge < -0.3 is 14.2 Å². The van der Waals surface area contributed by atoms with Gasteiger partial charge in [-0.15, -0.1) is 0 Å². The van der Waals surface area contributed by atoms with Gasteiger partial charge in [0.15, 0.2) is 5.60 Å². The number of fused-ring (bicyclic) bond motifs is 3. The number of carbonyl (C=O) groups excluding carboxylic acids is 3. The molecule has 3 heterocycles. The minimum atomic E-state index is -1.19. The molecule has 0 N–H and O–H groups in total. The number of esters is 2. The maximum atomic E-state index is 12.5. The minimum Gasteiger partial charge on any atom is -0.479 e. The van der Waals surface area contributed by atoms with Crippen molar-refractivity contribution in [2.24, 2.45) is 5.92 Å². The molecule has 0 radical (unpaired) electrons. The van der Waals surface area contributed by atoms with Gasteiger partial charge in [0.25, 0.3) is 0 Å². The molecule has 4 atom stereocenters. The largest absolute Gasteiger partial charge is 0.479 e. The highest BCUT2D eigenvalue weighted by Crippen LogP contribution is 2.44. The maximum absolute atomic E-state index is 12.5. The Morgan fingerprint density at radius 1 is 1.38 bits per heavy atom. The lowest BCUT2D eigenvalue weighted by atomic mass is 9.81. The van der Waals surface area contributed by atoms with E-state index in [9.17, 15) is 14.4 Å². The number of hydrogen-bond acceptors (Lipinski definition) is 6. The molecule has 26 heavy (non-hydrogen) atoms. The first-order chi connectivity index (χ1) is 12.2. The van der Waals surface area contributed by atoms with Gasteiger partial charge in [-0.3, -0.25) is 4.79 Å². The topological polar surface area (TPSA) is 78.9 Å². The molecule has 138 valence electrons. The van der Waals surface area contributed by atoms with Crippen LogP contribution in [0.3, 0.4) is 0 Å². The summed E-state index contributed by atoms with van der Waals surface area (Å²) in [7, 11) is 0. The number of ether oxygens (including phenoxy) is 3. The molecular formula is C20H22O6. The predicted molar refractivity (Wildman–Crippen MR) is 92.8 cm³/mol. The van der Waals surface area contributed by atoms with Crippen molar-refractivity contribution in [3.8, 4) is 0 Å². The van der Waals surface area contributed by atoms with Gasteiger partial charge in [0.2, 0.25) is 5.78 Å². The summed E-state index contributed by atoms with van der Waals surface area (Å²) in [6, 6.07) is 0. The molecule has 0 unspecified atom stereocenters. The quantitative estimate of drug-likeness (QED) is 0.558. The number of carbonyl (C=O) groups is 3. The van der Waals surface area contributed by atoms with Crippen LogP contribution in [-0.4, -0.2) is 35.5 Å². The lowest BCUT2D eigenvalue weighted by Crippen LogP contribution is -2.43. The van der Waals surface area contributed by atoms with Gasteiger partial charge in [-0.2, -0.15) is 0 Å². The van der Waals surface area contributed by atoms with Crippen molar-refractivity contribution in [3.63, 3.8) is 0 Å². The first kappa shape index (κ1) is 18.2. The van der Waals surface area contributed by atoms with Crippen LogP contribution in [0.2, 0.25) is 0 Å². The maximum Gasteiger partial charge on any atom is 0.334 e. The van der Waals surface area contributed by atoms with Crippen molar-refractivity contribution in [1.29, 1.82) is 0 Å². The molecule has 2 saturated heterocycles. The number of hydrogen-bond donors (Lipinski definition) is 0. The standard InChI is InChI=1S/C20H22O6/c1-6-10(2)18(22)25-15-9-20(5)16(21)8-13(26-20)11(3)7-14-17(15)12(4)19(23)24-14/h6,8,14-15,17H,3-4,7,9H2,1-2,5H3/b10-6-/t14-,15+,17+,20+/m1/s1. The van der Waals surface area contributed by atoms with E-state index in [1.54, 1.807) is 26.8 Å². The first-order valence-corrected chi connectivity index (χ1v) is 8.53. The summed E-state index contributed by atoms with van der Waals surface area (Å²) in [6.45, 7) is 12.8. The summed E-state index contributed by atoms with van der Waals surface area (Å²) in [6.07, 6.45) is 2.08. The third kappa shape index (κ3) is 2.89. The van der Waals surface area contributed by atoms with Crippen molar-refractivity contribution >= 4 is 17.7 Å². The molecular weight excluding hydrogens is 336 g/mol. The van der Waals surface area contributed by atoms with Crippen molar-refractivity contribution in [2.45, 2.75) is 51.4 Å². The molecule has 6 nitrogen and oxygen atoms in total. The zero-order valence-corrected chi connectivity index (χ0v) is 15.2. The Balaban J connectivity index is 2.02. The van der Waals surface area contributed by atoms with Gasteiger partial charge in [-0.1, -0.05) is 19.2 Å². The van der Waals surface area contributed by atoms with E-state index in [0.717, 1.165) is 0 Å². The molecule has 3 rings (SSSR count). The van der Waals surface area contributed by atoms with Gasteiger partial charge >= 0.3 is 11.9 Å². The SMILES string of the molecule is C=C1C[C@H]2OC(=O)C(=C)[C@@H]2[C@@H](OC(=O)/C(C)=C\C)C[C@]2(C)OC1=CC2=O. The summed E-state index contributed by atoms with van der Waals surface area (Å²) in [5, 5.41) is 0. The van der Waals surface area contributed by atoms with Crippen LogP contribution in [0.1, 0.15) is 33.6 Å². The Hall–Kier alpha value is -2.63. The molecule has 0 amide bonds. The Bertz CT molecular complexity index is 786. The molecule has 0 aromatic rings. The van der Waals surface area contributed by atoms with Gasteiger partial charge in [0.1, 0.15) is 18.0 Å². The fourth-order valence-electron chi connectivity index (χ4n) is 3.51. The zero-order chi connectivity index (χ0) is 19.2. The Kier molecular flexibility index (Phi) is 4.38. The summed E-state index contributed by atoms with van der Waals surface area (Å²) in [5.41, 5.74) is 0.0514. The molecule has 0 aliphatic carbocycles. The fourth-order valence-corrected chi connectivity index (χ4v) is 3.51. The van der Waals surface area contributed by atoms with E-state index in [-0.39, 0.29) is 24.2 Å². The highest BCUT2D eigenvalue weighted by molar-refractivity contribution is 6.00. The van der Waals surface area contributed by atoms with Crippen LogP contribution in [-0.2, 0) is 28.6 Å². The van der Waals surface area contributed by atoms with Crippen LogP contribution >= 0.6 is 0 Å². The van der Waals surface area contributed by atoms with Crippen molar-refractivity contribution in [2.75, 3.05) is 0 Å². The summed E-state index contributed by atoms with van der Waals surface area (Å²) >= 11 is 0. The Morgan fingerprint density at radius 2 is 2.08 bits per heavy atom. The molecule has 0 saturated carbocycles. The van der Waals surface area contributed by atoms with Crippen LogP contribution in [0.4, 0.5) is 0 Å². The smallest absolute Gasteiger partial charge is 0.334 e. The highest BCUT2D eigenvalue weighted by atomic mass is 16.6. The molecule has 3 aliphatic heterocycles. The number of allylic oxidation sites excluding steroid dienone is 2. The van der Waals surface area contributed by atoms with Crippen molar-refractivity contribution in [1.82, 2.24) is 0 Å². The van der Waals surface area contributed by atoms with Gasteiger partial charge in [-0.25, -0.2) is 9.59 Å². The molecule has 2 fully saturated rings. The lowest BCUT2D eigenvalue weighted by molar-refractivity contribution is -0.153. The van der Waals surface area contributed by atoms with Crippen LogP contribution in [0.5, 0.6) is 0 Å². The van der Waals surface area contributed by atoms with E-state index in [4.69, 9.17) is 14.2 Å². The average molecular weight is 358 g/mol. The summed E-state index contributed by atoms with van der Waals surface area (Å²) in [4.78, 5) is 36.9. The van der Waals surface area contributed by atoms with Crippen LogP contribution in [0.15, 0.2) is 47.8 Å². The third-order valence-corrected chi connectivity index (χ3v) is 5.24. The second-order valence-electron chi connectivity index (χ2n) is 7.13. The van der Waals surface area contributed by atoms with E-state index in [0.29, 0.717) is 16.9 Å². The normalized spacial score (nSPS) is 34.2.